The second kappa shape index (κ2) is 4.71. The predicted octanol–water partition coefficient (Wildman–Crippen LogP) is 3.74. The molecule has 0 spiro atoms. The van der Waals surface area contributed by atoms with Gasteiger partial charge in [0.15, 0.2) is 0 Å². The third-order valence-corrected chi connectivity index (χ3v) is 3.29. The molecule has 2 rings (SSSR count). The highest BCUT2D eigenvalue weighted by Crippen LogP contribution is 2.36. The first-order chi connectivity index (χ1) is 8.47. The van der Waals surface area contributed by atoms with Gasteiger partial charge in [-0.15, -0.1) is 0 Å². The number of fused-ring (bicyclic) bond motifs is 1. The van der Waals surface area contributed by atoms with Gasteiger partial charge in [-0.1, -0.05) is 25.4 Å². The molecular formula is C13H15ClFN3. The van der Waals surface area contributed by atoms with E-state index in [2.05, 4.69) is 10.4 Å². The molecule has 0 fully saturated rings. The molecule has 3 nitrogen and oxygen atoms in total. The van der Waals surface area contributed by atoms with Gasteiger partial charge in [-0.05, 0) is 25.0 Å². The minimum absolute atomic E-state index is 0.186. The minimum Gasteiger partial charge on any atom is -0.323 e. The smallest absolute Gasteiger partial charge is 0.134 e. The van der Waals surface area contributed by atoms with Crippen molar-refractivity contribution in [1.82, 2.24) is 4.98 Å². The van der Waals surface area contributed by atoms with E-state index in [-0.39, 0.29) is 11.7 Å². The first-order valence-corrected chi connectivity index (χ1v) is 6.10. The van der Waals surface area contributed by atoms with Crippen LogP contribution in [0.15, 0.2) is 12.1 Å². The zero-order valence-corrected chi connectivity index (χ0v) is 11.3. The van der Waals surface area contributed by atoms with Gasteiger partial charge >= 0.3 is 0 Å². The number of pyridine rings is 1. The maximum atomic E-state index is 14.0. The Labute approximate surface area is 110 Å². The zero-order valence-electron chi connectivity index (χ0n) is 10.5. The highest BCUT2D eigenvalue weighted by atomic mass is 35.5. The summed E-state index contributed by atoms with van der Waals surface area (Å²) in [7, 11) is 0. The first-order valence-electron chi connectivity index (χ1n) is 5.72. The second-order valence-electron chi connectivity index (χ2n) is 4.54. The number of anilines is 1. The van der Waals surface area contributed by atoms with Crippen LogP contribution < -0.4 is 11.3 Å². The Balaban J connectivity index is 2.99. The van der Waals surface area contributed by atoms with E-state index in [0.29, 0.717) is 21.6 Å². The summed E-state index contributed by atoms with van der Waals surface area (Å²) in [5.41, 5.74) is 5.30. The summed E-state index contributed by atoms with van der Waals surface area (Å²) in [5, 5.41) is 0.764. The number of hydrogen-bond donors (Lipinski definition) is 2. The lowest BCUT2D eigenvalue weighted by molar-refractivity contribution is 0.639. The number of halogens is 2. The summed E-state index contributed by atoms with van der Waals surface area (Å²) >= 11 is 6.06. The zero-order chi connectivity index (χ0) is 13.4. The van der Waals surface area contributed by atoms with Crippen LogP contribution in [0.5, 0.6) is 0 Å². The van der Waals surface area contributed by atoms with Crippen molar-refractivity contribution in [3.05, 3.63) is 34.2 Å². The van der Waals surface area contributed by atoms with Gasteiger partial charge in [-0.25, -0.2) is 4.39 Å². The number of hydrogen-bond acceptors (Lipinski definition) is 3. The van der Waals surface area contributed by atoms with Crippen LogP contribution in [0.2, 0.25) is 5.02 Å². The number of nitrogens with two attached hydrogens (primary N) is 1. The first kappa shape index (κ1) is 13.1. The third-order valence-electron chi connectivity index (χ3n) is 2.99. The van der Waals surface area contributed by atoms with Gasteiger partial charge in [-0.2, -0.15) is 0 Å². The van der Waals surface area contributed by atoms with Gasteiger partial charge in [-0.3, -0.25) is 10.8 Å². The molecule has 5 heteroatoms. The highest BCUT2D eigenvalue weighted by Gasteiger charge is 2.18. The van der Waals surface area contributed by atoms with Crippen molar-refractivity contribution in [1.29, 1.82) is 0 Å². The maximum Gasteiger partial charge on any atom is 0.134 e. The van der Waals surface area contributed by atoms with E-state index in [1.807, 2.05) is 20.8 Å². The molecule has 0 aliphatic carbocycles. The van der Waals surface area contributed by atoms with Crippen LogP contribution in [0.1, 0.15) is 31.0 Å². The number of hydrazine groups is 1. The Kier molecular flexibility index (Phi) is 3.41. The molecule has 2 aromatic rings. The molecule has 1 heterocycles. The molecule has 0 aliphatic rings. The largest absolute Gasteiger partial charge is 0.323 e. The topological polar surface area (TPSA) is 50.9 Å². The minimum atomic E-state index is -0.378. The molecule has 0 aliphatic heterocycles. The van der Waals surface area contributed by atoms with Gasteiger partial charge in [0.05, 0.1) is 21.6 Å². The Morgan fingerprint density at radius 2 is 2.06 bits per heavy atom. The summed E-state index contributed by atoms with van der Waals surface area (Å²) in [5.74, 6) is 5.36. The second-order valence-corrected chi connectivity index (χ2v) is 4.94. The maximum absolute atomic E-state index is 14.0. The van der Waals surface area contributed by atoms with Crippen molar-refractivity contribution in [3.8, 4) is 0 Å². The number of rotatable bonds is 2. The monoisotopic (exact) mass is 267 g/mol. The number of nitrogen functional groups attached to an aromatic ring is 1. The highest BCUT2D eigenvalue weighted by molar-refractivity contribution is 6.35. The van der Waals surface area contributed by atoms with Crippen LogP contribution in [0.25, 0.3) is 10.9 Å². The average molecular weight is 268 g/mol. The fourth-order valence-electron chi connectivity index (χ4n) is 2.29. The van der Waals surface area contributed by atoms with Gasteiger partial charge in [0.2, 0.25) is 0 Å². The van der Waals surface area contributed by atoms with Crippen LogP contribution in [0.3, 0.4) is 0 Å². The fraction of sp³-hybridized carbons (Fsp3) is 0.308. The lowest BCUT2D eigenvalue weighted by atomic mass is 9.97. The van der Waals surface area contributed by atoms with Crippen LogP contribution in [0, 0.1) is 12.7 Å². The van der Waals surface area contributed by atoms with Gasteiger partial charge in [0.1, 0.15) is 5.82 Å². The van der Waals surface area contributed by atoms with Gasteiger partial charge < -0.3 is 5.43 Å². The quantitative estimate of drug-likeness (QED) is 0.644. The normalized spacial score (nSPS) is 11.3. The molecule has 0 atom stereocenters. The van der Waals surface area contributed by atoms with Crippen LogP contribution >= 0.6 is 11.6 Å². The molecule has 96 valence electrons. The van der Waals surface area contributed by atoms with E-state index >= 15 is 0 Å². The van der Waals surface area contributed by atoms with Crippen molar-refractivity contribution in [2.24, 2.45) is 5.84 Å². The third kappa shape index (κ3) is 1.91. The Morgan fingerprint density at radius 3 is 2.61 bits per heavy atom. The van der Waals surface area contributed by atoms with Gasteiger partial charge in [0, 0.05) is 11.3 Å². The van der Waals surface area contributed by atoms with E-state index in [1.165, 1.54) is 12.1 Å². The molecule has 0 radical (unpaired) electrons. The standard InChI is InChI=1S/C13H15ClFN3/c1-6(2)10-7(3)17-12-8(14)4-5-9(15)11(12)13(10)18-16/h4-6H,16H2,1-3H3,(H,17,18). The number of aryl methyl sites for hydroxylation is 1. The summed E-state index contributed by atoms with van der Waals surface area (Å²) in [6, 6.07) is 2.83. The molecule has 1 aromatic carbocycles. The predicted molar refractivity (Wildman–Crippen MR) is 73.3 cm³/mol. The van der Waals surface area contributed by atoms with E-state index in [4.69, 9.17) is 17.4 Å². The fourth-order valence-corrected chi connectivity index (χ4v) is 2.49. The molecular weight excluding hydrogens is 253 g/mol. The van der Waals surface area contributed by atoms with E-state index in [9.17, 15) is 4.39 Å². The number of benzene rings is 1. The summed E-state index contributed by atoms with van der Waals surface area (Å²) in [6.07, 6.45) is 0. The molecule has 0 saturated carbocycles. The number of nitrogens with one attached hydrogen (secondary N) is 1. The molecule has 0 amide bonds. The molecule has 0 saturated heterocycles. The van der Waals surface area contributed by atoms with E-state index < -0.39 is 0 Å². The lowest BCUT2D eigenvalue weighted by Gasteiger charge is -2.18. The van der Waals surface area contributed by atoms with Crippen molar-refractivity contribution in [2.45, 2.75) is 26.7 Å². The molecule has 0 unspecified atom stereocenters. The van der Waals surface area contributed by atoms with Gasteiger partial charge in [0.25, 0.3) is 0 Å². The summed E-state index contributed by atoms with van der Waals surface area (Å²) in [4.78, 5) is 4.40. The SMILES string of the molecule is Cc1nc2c(Cl)ccc(F)c2c(NN)c1C(C)C. The Hall–Kier alpha value is -1.39. The molecule has 1 aromatic heterocycles. The van der Waals surface area contributed by atoms with Crippen LogP contribution in [-0.4, -0.2) is 4.98 Å². The number of aromatic nitrogens is 1. The lowest BCUT2D eigenvalue weighted by Crippen LogP contribution is -2.13. The van der Waals surface area contributed by atoms with Crippen molar-refractivity contribution in [3.63, 3.8) is 0 Å². The van der Waals surface area contributed by atoms with E-state index in [0.717, 1.165) is 11.3 Å². The average Bonchev–Trinajstić information content (AvgIpc) is 2.32. The molecule has 3 N–H and O–H groups in total. The Bertz CT molecular complexity index is 611. The molecule has 18 heavy (non-hydrogen) atoms. The Morgan fingerprint density at radius 1 is 1.39 bits per heavy atom. The summed E-state index contributed by atoms with van der Waals surface area (Å²) < 4.78 is 14.0. The van der Waals surface area contributed by atoms with Crippen molar-refractivity contribution < 1.29 is 4.39 Å². The van der Waals surface area contributed by atoms with Crippen molar-refractivity contribution >= 4 is 28.2 Å². The van der Waals surface area contributed by atoms with E-state index in [1.54, 1.807) is 0 Å². The van der Waals surface area contributed by atoms with Crippen LogP contribution in [-0.2, 0) is 0 Å². The number of nitrogens with zero attached hydrogens (tertiary/aromatic N) is 1. The summed E-state index contributed by atoms with van der Waals surface area (Å²) in [6.45, 7) is 5.90. The molecule has 0 bridgehead atoms. The van der Waals surface area contributed by atoms with Crippen LogP contribution in [0.4, 0.5) is 10.1 Å². The van der Waals surface area contributed by atoms with Crippen molar-refractivity contribution in [2.75, 3.05) is 5.43 Å².